The molecule has 2 aromatic carbocycles. The molecular weight excluding hydrogens is 425 g/mol. The van der Waals surface area contributed by atoms with Crippen LogP contribution in [0.5, 0.6) is 0 Å². The Morgan fingerprint density at radius 1 is 1.03 bits per heavy atom. The molecule has 0 radical (unpaired) electrons. The smallest absolute Gasteiger partial charge is 0.306 e. The van der Waals surface area contributed by atoms with E-state index in [-0.39, 0.29) is 18.4 Å². The van der Waals surface area contributed by atoms with Crippen molar-refractivity contribution in [1.82, 2.24) is 4.90 Å². The minimum absolute atomic E-state index is 0.176. The fourth-order valence-corrected chi connectivity index (χ4v) is 3.83. The fraction of sp³-hybridized carbons (Fsp3) is 0.391. The predicted molar refractivity (Wildman–Crippen MR) is 117 cm³/mol. The Morgan fingerprint density at radius 2 is 1.67 bits per heavy atom. The number of carboxylic acid groups (broad SMARTS) is 1. The van der Waals surface area contributed by atoms with E-state index in [2.05, 4.69) is 0 Å². The summed E-state index contributed by atoms with van der Waals surface area (Å²) in [5, 5.41) is 10.4. The molecule has 5 nitrogen and oxygen atoms in total. The minimum atomic E-state index is -1.02. The van der Waals surface area contributed by atoms with Gasteiger partial charge in [0.1, 0.15) is 6.10 Å². The van der Waals surface area contributed by atoms with Gasteiger partial charge in [-0.2, -0.15) is 0 Å². The summed E-state index contributed by atoms with van der Waals surface area (Å²) in [6, 6.07) is 16.7. The van der Waals surface area contributed by atoms with Crippen molar-refractivity contribution in [3.05, 3.63) is 70.2 Å². The number of carbonyl (C=O) groups excluding carboxylic acids is 1. The molecule has 0 bridgehead atoms. The maximum Gasteiger partial charge on any atom is 0.306 e. The number of morpholine rings is 1. The van der Waals surface area contributed by atoms with E-state index >= 15 is 0 Å². The standard InChI is InChI=1S/C17H20ClNO4.C6H5Cl/c18-13-6-4-12(5-7-13)14-10-23-15(8-16(20)21)17(22)19(14)9-11-2-1-3-11;7-6-4-2-1-3-5-6/h4-7,11,14-15H,1-3,8-10H2,(H,20,21);1-5H/t14?,15-;/m1./s1. The van der Waals surface area contributed by atoms with Crippen molar-refractivity contribution in [2.45, 2.75) is 37.8 Å². The lowest BCUT2D eigenvalue weighted by atomic mass is 9.84. The van der Waals surface area contributed by atoms with Crippen LogP contribution in [-0.4, -0.2) is 41.1 Å². The van der Waals surface area contributed by atoms with Gasteiger partial charge in [-0.1, -0.05) is 60.0 Å². The molecule has 0 aromatic heterocycles. The molecule has 1 saturated carbocycles. The number of hydrogen-bond acceptors (Lipinski definition) is 3. The number of ether oxygens (including phenoxy) is 1. The van der Waals surface area contributed by atoms with Crippen LogP contribution in [0.2, 0.25) is 10.0 Å². The molecule has 1 heterocycles. The average Bonchev–Trinajstić information content (AvgIpc) is 2.69. The lowest BCUT2D eigenvalue weighted by molar-refractivity contribution is -0.167. The van der Waals surface area contributed by atoms with Crippen LogP contribution in [0.15, 0.2) is 54.6 Å². The van der Waals surface area contributed by atoms with Crippen molar-refractivity contribution in [2.75, 3.05) is 13.2 Å². The van der Waals surface area contributed by atoms with Gasteiger partial charge in [0, 0.05) is 16.6 Å². The quantitative estimate of drug-likeness (QED) is 0.678. The van der Waals surface area contributed by atoms with Gasteiger partial charge >= 0.3 is 5.97 Å². The molecule has 7 heteroatoms. The topological polar surface area (TPSA) is 66.8 Å². The van der Waals surface area contributed by atoms with Gasteiger partial charge in [-0.15, -0.1) is 0 Å². The molecule has 1 aliphatic heterocycles. The summed E-state index contributed by atoms with van der Waals surface area (Å²) >= 11 is 11.5. The summed E-state index contributed by atoms with van der Waals surface area (Å²) in [6.45, 7) is 0.990. The molecular formula is C23H25Cl2NO4. The highest BCUT2D eigenvalue weighted by atomic mass is 35.5. The molecule has 1 saturated heterocycles. The van der Waals surface area contributed by atoms with Gasteiger partial charge in [0.15, 0.2) is 0 Å². The number of hydrogen-bond donors (Lipinski definition) is 1. The molecule has 160 valence electrons. The van der Waals surface area contributed by atoms with Crippen molar-refractivity contribution in [3.63, 3.8) is 0 Å². The van der Waals surface area contributed by atoms with Gasteiger partial charge in [0.25, 0.3) is 5.91 Å². The Kier molecular flexibility index (Phi) is 8.14. The zero-order chi connectivity index (χ0) is 21.5. The number of rotatable bonds is 5. The van der Waals surface area contributed by atoms with Crippen molar-refractivity contribution in [1.29, 1.82) is 0 Å². The zero-order valence-electron chi connectivity index (χ0n) is 16.5. The number of carbonyl (C=O) groups is 2. The first-order valence-electron chi connectivity index (χ1n) is 10.0. The number of halogens is 2. The Morgan fingerprint density at radius 3 is 2.17 bits per heavy atom. The molecule has 0 spiro atoms. The normalized spacial score (nSPS) is 21.4. The Balaban J connectivity index is 0.000000310. The van der Waals surface area contributed by atoms with Gasteiger partial charge in [-0.05, 0) is 48.6 Å². The highest BCUT2D eigenvalue weighted by Crippen LogP contribution is 2.34. The van der Waals surface area contributed by atoms with E-state index in [4.69, 9.17) is 33.0 Å². The van der Waals surface area contributed by atoms with Gasteiger partial charge < -0.3 is 14.7 Å². The molecule has 2 aliphatic rings. The van der Waals surface area contributed by atoms with Crippen molar-refractivity contribution < 1.29 is 19.4 Å². The summed E-state index contributed by atoms with van der Waals surface area (Å²) in [5.74, 6) is -0.722. The van der Waals surface area contributed by atoms with Crippen LogP contribution in [0.4, 0.5) is 0 Å². The van der Waals surface area contributed by atoms with E-state index in [0.29, 0.717) is 24.1 Å². The van der Waals surface area contributed by atoms with E-state index in [9.17, 15) is 9.59 Å². The van der Waals surface area contributed by atoms with Crippen LogP contribution in [-0.2, 0) is 14.3 Å². The molecule has 1 amide bonds. The van der Waals surface area contributed by atoms with E-state index in [1.807, 2.05) is 47.4 Å². The third-order valence-corrected chi connectivity index (χ3v) is 5.92. The predicted octanol–water partition coefficient (Wildman–Crippen LogP) is 5.22. The highest BCUT2D eigenvalue weighted by molar-refractivity contribution is 6.30. The van der Waals surface area contributed by atoms with E-state index in [0.717, 1.165) is 23.4 Å². The molecule has 2 atom stereocenters. The summed E-state index contributed by atoms with van der Waals surface area (Å²) < 4.78 is 5.56. The van der Waals surface area contributed by atoms with Crippen LogP contribution in [0, 0.1) is 5.92 Å². The van der Waals surface area contributed by atoms with Gasteiger partial charge in [-0.25, -0.2) is 0 Å². The first-order chi connectivity index (χ1) is 14.4. The highest BCUT2D eigenvalue weighted by Gasteiger charge is 2.39. The molecule has 30 heavy (non-hydrogen) atoms. The first-order valence-corrected chi connectivity index (χ1v) is 10.8. The molecule has 1 unspecified atom stereocenters. The number of carboxylic acids is 1. The van der Waals surface area contributed by atoms with E-state index < -0.39 is 12.1 Å². The average molecular weight is 450 g/mol. The SMILES string of the molecule is Clc1ccccc1.O=C(O)C[C@H]1OCC(c2ccc(Cl)cc2)N(CC2CCC2)C1=O. The third kappa shape index (κ3) is 6.21. The van der Waals surface area contributed by atoms with Crippen molar-refractivity contribution >= 4 is 35.1 Å². The maximum absolute atomic E-state index is 12.7. The second-order valence-electron chi connectivity index (χ2n) is 7.57. The second kappa shape index (κ2) is 10.8. The van der Waals surface area contributed by atoms with Crippen molar-refractivity contribution in [3.8, 4) is 0 Å². The first kappa shape index (κ1) is 22.6. The van der Waals surface area contributed by atoms with Crippen LogP contribution >= 0.6 is 23.2 Å². The van der Waals surface area contributed by atoms with Crippen LogP contribution in [0.1, 0.15) is 37.3 Å². The second-order valence-corrected chi connectivity index (χ2v) is 8.44. The summed E-state index contributed by atoms with van der Waals surface area (Å²) in [7, 11) is 0. The summed E-state index contributed by atoms with van der Waals surface area (Å²) in [6.07, 6.45) is 2.29. The van der Waals surface area contributed by atoms with Crippen LogP contribution < -0.4 is 0 Å². The lowest BCUT2D eigenvalue weighted by Gasteiger charge is -2.42. The molecule has 1 aliphatic carbocycles. The van der Waals surface area contributed by atoms with E-state index in [1.54, 1.807) is 12.1 Å². The third-order valence-electron chi connectivity index (χ3n) is 5.42. The Bertz CT molecular complexity index is 840. The largest absolute Gasteiger partial charge is 0.481 e. The van der Waals surface area contributed by atoms with Gasteiger partial charge in [0.2, 0.25) is 0 Å². The number of benzene rings is 2. The molecule has 2 aromatic rings. The maximum atomic E-state index is 12.7. The fourth-order valence-electron chi connectivity index (χ4n) is 3.56. The number of aliphatic carboxylic acids is 1. The Labute approximate surface area is 186 Å². The van der Waals surface area contributed by atoms with Crippen molar-refractivity contribution in [2.24, 2.45) is 5.92 Å². The Hall–Kier alpha value is -2.08. The van der Waals surface area contributed by atoms with Crippen LogP contribution in [0.25, 0.3) is 0 Å². The molecule has 4 rings (SSSR count). The summed E-state index contributed by atoms with van der Waals surface area (Å²) in [5.41, 5.74) is 0.968. The number of amides is 1. The number of nitrogens with zero attached hydrogens (tertiary/aromatic N) is 1. The zero-order valence-corrected chi connectivity index (χ0v) is 18.1. The van der Waals surface area contributed by atoms with Crippen LogP contribution in [0.3, 0.4) is 0 Å². The minimum Gasteiger partial charge on any atom is -0.481 e. The summed E-state index contributed by atoms with van der Waals surface area (Å²) in [4.78, 5) is 25.4. The molecule has 1 N–H and O–H groups in total. The van der Waals surface area contributed by atoms with Gasteiger partial charge in [-0.3, -0.25) is 9.59 Å². The lowest BCUT2D eigenvalue weighted by Crippen LogP contribution is -2.52. The van der Waals surface area contributed by atoms with Gasteiger partial charge in [0.05, 0.1) is 19.1 Å². The van der Waals surface area contributed by atoms with E-state index in [1.165, 1.54) is 6.42 Å². The monoisotopic (exact) mass is 449 g/mol. The molecule has 2 fully saturated rings.